The smallest absolute Gasteiger partial charge is 0.294 e. The molecule has 4 aromatic rings. The summed E-state index contributed by atoms with van der Waals surface area (Å²) in [6.07, 6.45) is 1.57. The molecule has 30 heavy (non-hydrogen) atoms. The lowest BCUT2D eigenvalue weighted by Gasteiger charge is -2.10. The predicted octanol–water partition coefficient (Wildman–Crippen LogP) is 2.91. The molecule has 9 nitrogen and oxygen atoms in total. The van der Waals surface area contributed by atoms with Gasteiger partial charge in [-0.05, 0) is 25.1 Å². The number of thiazole rings is 1. The first-order valence-electron chi connectivity index (χ1n) is 8.62. The second-order valence-corrected chi connectivity index (χ2v) is 9.61. The van der Waals surface area contributed by atoms with Gasteiger partial charge in [-0.2, -0.15) is 8.42 Å². The minimum absolute atomic E-state index is 0.139. The number of carbonyl (C=O) groups excluding carboxylic acids is 2. The fourth-order valence-corrected chi connectivity index (χ4v) is 5.68. The van der Waals surface area contributed by atoms with Crippen LogP contribution in [0.15, 0.2) is 34.8 Å². The van der Waals surface area contributed by atoms with Gasteiger partial charge in [-0.3, -0.25) is 18.7 Å². The first kappa shape index (κ1) is 20.4. The van der Waals surface area contributed by atoms with Crippen LogP contribution in [0.4, 0.5) is 5.69 Å². The number of hydrogen-bond donors (Lipinski definition) is 2. The molecule has 0 spiro atoms. The lowest BCUT2D eigenvalue weighted by Crippen LogP contribution is -2.30. The van der Waals surface area contributed by atoms with Gasteiger partial charge in [0.25, 0.3) is 21.7 Å². The number of benzene rings is 1. The normalized spacial score (nSPS) is 11.9. The minimum atomic E-state index is -4.07. The van der Waals surface area contributed by atoms with Gasteiger partial charge < -0.3 is 9.88 Å². The minimum Gasteiger partial charge on any atom is -0.358 e. The van der Waals surface area contributed by atoms with E-state index in [1.807, 2.05) is 0 Å². The molecule has 0 aliphatic heterocycles. The number of Topliss-reactive ketones (excluding diaryl/α,β-unsaturated/α-hetero) is 1. The second-order valence-electron chi connectivity index (χ2n) is 6.78. The monoisotopic (exact) mass is 465 g/mol. The van der Waals surface area contributed by atoms with Crippen LogP contribution in [0.3, 0.4) is 0 Å². The van der Waals surface area contributed by atoms with Crippen molar-refractivity contribution in [2.75, 3.05) is 18.8 Å². The number of H-pyrrole nitrogens is 1. The maximum atomic E-state index is 13.0. The number of amides is 1. The molecular formula is C18H16ClN5O4S2. The Hall–Kier alpha value is -2.89. The number of aryl methyl sites for hydroxylation is 1. The second kappa shape index (κ2) is 7.11. The third-order valence-corrected chi connectivity index (χ3v) is 7.03. The summed E-state index contributed by atoms with van der Waals surface area (Å²) < 4.78 is 29.8. The van der Waals surface area contributed by atoms with Crippen molar-refractivity contribution in [3.8, 4) is 0 Å². The van der Waals surface area contributed by atoms with Crippen LogP contribution in [0.25, 0.3) is 15.9 Å². The van der Waals surface area contributed by atoms with Crippen molar-refractivity contribution in [2.45, 2.75) is 11.9 Å². The lowest BCUT2D eigenvalue weighted by atomic mass is 10.1. The number of aromatic amines is 1. The average Bonchev–Trinajstić information content (AvgIpc) is 3.31. The van der Waals surface area contributed by atoms with Crippen LogP contribution in [0.1, 0.15) is 16.1 Å². The molecule has 0 aliphatic rings. The van der Waals surface area contributed by atoms with Gasteiger partial charge in [-0.15, -0.1) is 11.3 Å². The number of anilines is 1. The highest BCUT2D eigenvalue weighted by atomic mass is 35.5. The van der Waals surface area contributed by atoms with Gasteiger partial charge >= 0.3 is 0 Å². The number of hydrogen-bond acceptors (Lipinski definition) is 6. The molecule has 0 bridgehead atoms. The number of imidazole rings is 1. The maximum absolute atomic E-state index is 13.0. The van der Waals surface area contributed by atoms with E-state index in [9.17, 15) is 18.0 Å². The van der Waals surface area contributed by atoms with Crippen molar-refractivity contribution < 1.29 is 18.0 Å². The van der Waals surface area contributed by atoms with Gasteiger partial charge in [0.2, 0.25) is 0 Å². The maximum Gasteiger partial charge on any atom is 0.294 e. The number of ketones is 1. The Labute approximate surface area is 180 Å². The van der Waals surface area contributed by atoms with Gasteiger partial charge in [0.15, 0.2) is 15.1 Å². The number of halogens is 1. The summed E-state index contributed by atoms with van der Waals surface area (Å²) in [6, 6.07) is 4.69. The van der Waals surface area contributed by atoms with Crippen molar-refractivity contribution in [2.24, 2.45) is 0 Å². The van der Waals surface area contributed by atoms with Crippen LogP contribution in [0, 0.1) is 6.92 Å². The zero-order valence-electron chi connectivity index (χ0n) is 16.1. The molecule has 0 unspecified atom stereocenters. The molecule has 2 N–H and O–H groups in total. The number of sulfonamides is 1. The topological polar surface area (TPSA) is 117 Å². The number of likely N-dealkylation sites (N-methyl/N-ethyl adjacent to an activating group) is 1. The van der Waals surface area contributed by atoms with Gasteiger partial charge in [0.1, 0.15) is 0 Å². The van der Waals surface area contributed by atoms with Crippen LogP contribution < -0.4 is 4.72 Å². The molecule has 156 valence electrons. The van der Waals surface area contributed by atoms with E-state index in [0.717, 1.165) is 0 Å². The van der Waals surface area contributed by atoms with Crippen LogP contribution in [-0.2, 0) is 14.8 Å². The number of carbonyl (C=O) groups is 2. The molecule has 0 fully saturated rings. The average molecular weight is 466 g/mol. The summed E-state index contributed by atoms with van der Waals surface area (Å²) in [7, 11) is -1.09. The third-order valence-electron chi connectivity index (χ3n) is 4.50. The number of rotatable bonds is 5. The highest BCUT2D eigenvalue weighted by molar-refractivity contribution is 7.92. The highest BCUT2D eigenvalue weighted by Crippen LogP contribution is 2.30. The molecule has 12 heteroatoms. The Morgan fingerprint density at radius 2 is 2.03 bits per heavy atom. The molecule has 0 aliphatic carbocycles. The fraction of sp³-hybridized carbons (Fsp3) is 0.167. The van der Waals surface area contributed by atoms with E-state index < -0.39 is 21.7 Å². The Bertz CT molecular complexity index is 1430. The van der Waals surface area contributed by atoms with E-state index in [4.69, 9.17) is 11.6 Å². The Balaban J connectivity index is 1.78. The fourth-order valence-electron chi connectivity index (χ4n) is 3.18. The van der Waals surface area contributed by atoms with Gasteiger partial charge in [-0.25, -0.2) is 4.98 Å². The number of nitrogens with one attached hydrogen (secondary N) is 2. The molecule has 4 rings (SSSR count). The summed E-state index contributed by atoms with van der Waals surface area (Å²) in [5.74, 6) is -1.35. The highest BCUT2D eigenvalue weighted by Gasteiger charge is 2.27. The van der Waals surface area contributed by atoms with Crippen LogP contribution in [0.5, 0.6) is 0 Å². The van der Waals surface area contributed by atoms with Gasteiger partial charge in [0, 0.05) is 48.0 Å². The van der Waals surface area contributed by atoms with Crippen LogP contribution in [0.2, 0.25) is 5.15 Å². The van der Waals surface area contributed by atoms with Crippen LogP contribution >= 0.6 is 22.9 Å². The Morgan fingerprint density at radius 1 is 1.30 bits per heavy atom. The van der Waals surface area contributed by atoms with E-state index in [1.54, 1.807) is 30.6 Å². The van der Waals surface area contributed by atoms with E-state index in [2.05, 4.69) is 14.7 Å². The Kier molecular flexibility index (Phi) is 4.83. The number of aromatic nitrogens is 3. The summed E-state index contributed by atoms with van der Waals surface area (Å²) in [5, 5.41) is 1.82. The number of nitrogens with zero attached hydrogens (tertiary/aromatic N) is 3. The van der Waals surface area contributed by atoms with Crippen molar-refractivity contribution in [3.05, 3.63) is 46.2 Å². The standard InChI is InChI=1S/C18H16ClN5O4S2/c1-9-13(14(25)16(26)23(2)3)11-8-10(4-5-12(11)20-9)22-30(27,28)17-15(19)21-18-24(17)6-7-29-18/h4-8,20,22H,1-3H3. The third kappa shape index (κ3) is 3.24. The molecule has 1 amide bonds. The SMILES string of the molecule is Cc1[nH]c2ccc(NS(=O)(=O)c3c(Cl)nc4sccn34)cc2c1C(=O)C(=O)N(C)C. The largest absolute Gasteiger partial charge is 0.358 e. The van der Waals surface area contributed by atoms with E-state index in [-0.39, 0.29) is 21.4 Å². The predicted molar refractivity (Wildman–Crippen MR) is 115 cm³/mol. The molecule has 3 aromatic heterocycles. The zero-order valence-corrected chi connectivity index (χ0v) is 18.4. The first-order chi connectivity index (χ1) is 14.1. The summed E-state index contributed by atoms with van der Waals surface area (Å²) in [5.41, 5.74) is 1.54. The zero-order chi connectivity index (χ0) is 21.8. The van der Waals surface area contributed by atoms with Crippen molar-refractivity contribution in [1.29, 1.82) is 0 Å². The van der Waals surface area contributed by atoms with Crippen molar-refractivity contribution >= 4 is 66.2 Å². The van der Waals surface area contributed by atoms with Gasteiger partial charge in [-0.1, -0.05) is 11.6 Å². The lowest BCUT2D eigenvalue weighted by molar-refractivity contribution is -0.124. The molecule has 1 aromatic carbocycles. The van der Waals surface area contributed by atoms with Crippen molar-refractivity contribution in [1.82, 2.24) is 19.3 Å². The molecular weight excluding hydrogens is 450 g/mol. The molecule has 0 atom stereocenters. The van der Waals surface area contributed by atoms with Crippen molar-refractivity contribution in [3.63, 3.8) is 0 Å². The molecule has 0 radical (unpaired) electrons. The summed E-state index contributed by atoms with van der Waals surface area (Å²) >= 11 is 7.31. The number of fused-ring (bicyclic) bond motifs is 2. The quantitative estimate of drug-likeness (QED) is 0.347. The van der Waals surface area contributed by atoms with E-state index in [0.29, 0.717) is 21.6 Å². The molecule has 0 saturated heterocycles. The van der Waals surface area contributed by atoms with E-state index >= 15 is 0 Å². The molecule has 0 saturated carbocycles. The first-order valence-corrected chi connectivity index (χ1v) is 11.4. The van der Waals surface area contributed by atoms with Crippen LogP contribution in [-0.4, -0.2) is 53.5 Å². The summed E-state index contributed by atoms with van der Waals surface area (Å²) in [6.45, 7) is 1.68. The molecule has 3 heterocycles. The van der Waals surface area contributed by atoms with E-state index in [1.165, 1.54) is 40.8 Å². The Morgan fingerprint density at radius 3 is 2.73 bits per heavy atom. The summed E-state index contributed by atoms with van der Waals surface area (Å²) in [4.78, 5) is 33.6. The van der Waals surface area contributed by atoms with Gasteiger partial charge in [0.05, 0.1) is 5.56 Å².